The third-order valence-electron chi connectivity index (χ3n) is 5.38. The zero-order chi connectivity index (χ0) is 21.1. The fourth-order valence-corrected chi connectivity index (χ4v) is 4.28. The first-order chi connectivity index (χ1) is 14.6. The lowest BCUT2D eigenvalue weighted by molar-refractivity contribution is -0.129. The number of hydrogen-bond acceptors (Lipinski definition) is 7. The number of anilines is 1. The highest BCUT2D eigenvalue weighted by atomic mass is 32.1. The van der Waals surface area contributed by atoms with Crippen molar-refractivity contribution in [2.24, 2.45) is 0 Å². The number of carbonyl (C=O) groups is 2. The van der Waals surface area contributed by atoms with Crippen LogP contribution in [-0.4, -0.2) is 55.6 Å². The van der Waals surface area contributed by atoms with E-state index < -0.39 is 0 Å². The lowest BCUT2D eigenvalue weighted by Crippen LogP contribution is -2.41. The number of nitrogens with zero attached hydrogens (tertiary/aromatic N) is 5. The number of nitrogens with one attached hydrogen (secondary N) is 2. The first-order valence-electron chi connectivity index (χ1n) is 10.1. The second kappa shape index (κ2) is 8.78. The van der Waals surface area contributed by atoms with Gasteiger partial charge in [-0.15, -0.1) is 11.3 Å². The highest BCUT2D eigenvalue weighted by molar-refractivity contribution is 7.09. The maximum absolute atomic E-state index is 13.0. The summed E-state index contributed by atoms with van der Waals surface area (Å²) in [6, 6.07) is 0.168. The van der Waals surface area contributed by atoms with Gasteiger partial charge in [0.05, 0.1) is 29.4 Å². The predicted molar refractivity (Wildman–Crippen MR) is 115 cm³/mol. The molecule has 158 valence electrons. The monoisotopic (exact) mass is 427 g/mol. The highest BCUT2D eigenvalue weighted by Gasteiger charge is 2.24. The molecule has 0 unspecified atom stereocenters. The largest absolute Gasteiger partial charge is 0.381 e. The second-order valence-corrected chi connectivity index (χ2v) is 8.26. The summed E-state index contributed by atoms with van der Waals surface area (Å²) in [7, 11) is 0. The number of pyridine rings is 1. The van der Waals surface area contributed by atoms with Gasteiger partial charge < -0.3 is 15.5 Å². The van der Waals surface area contributed by atoms with Crippen LogP contribution in [0.1, 0.15) is 42.1 Å². The van der Waals surface area contributed by atoms with Gasteiger partial charge in [-0.3, -0.25) is 9.59 Å². The summed E-state index contributed by atoms with van der Waals surface area (Å²) in [5.41, 5.74) is 1.99. The molecule has 1 fully saturated rings. The van der Waals surface area contributed by atoms with Gasteiger partial charge in [0, 0.05) is 50.4 Å². The molecule has 1 aliphatic rings. The minimum Gasteiger partial charge on any atom is -0.381 e. The van der Waals surface area contributed by atoms with Crippen LogP contribution >= 0.6 is 11.3 Å². The zero-order valence-electron chi connectivity index (χ0n) is 17.1. The molecule has 1 saturated heterocycles. The fourth-order valence-electron chi connectivity index (χ4n) is 3.72. The zero-order valence-corrected chi connectivity index (χ0v) is 17.9. The van der Waals surface area contributed by atoms with Crippen molar-refractivity contribution in [3.63, 3.8) is 0 Å². The normalized spacial score (nSPS) is 14.8. The first kappa shape index (κ1) is 20.3. The molecule has 1 aliphatic heterocycles. The number of fused-ring (bicyclic) bond motifs is 1. The third-order valence-corrected chi connectivity index (χ3v) is 6.16. The van der Waals surface area contributed by atoms with E-state index >= 15 is 0 Å². The average Bonchev–Trinajstić information content (AvgIpc) is 3.42. The molecule has 3 aromatic rings. The summed E-state index contributed by atoms with van der Waals surface area (Å²) in [5.74, 6) is -0.0984. The van der Waals surface area contributed by atoms with Crippen molar-refractivity contribution >= 4 is 39.9 Å². The van der Waals surface area contributed by atoms with Gasteiger partial charge in [0.2, 0.25) is 5.91 Å². The maximum atomic E-state index is 13.0. The molecule has 4 rings (SSSR count). The number of amides is 2. The van der Waals surface area contributed by atoms with Crippen molar-refractivity contribution in [3.05, 3.63) is 34.5 Å². The fraction of sp³-hybridized carbons (Fsp3) is 0.450. The number of carbonyl (C=O) groups excluding carboxylic acids is 2. The predicted octanol–water partition coefficient (Wildman–Crippen LogP) is 2.26. The molecule has 3 aromatic heterocycles. The molecule has 0 aromatic carbocycles. The summed E-state index contributed by atoms with van der Waals surface area (Å²) in [5, 5.41) is 14.5. The minimum atomic E-state index is -0.201. The molecule has 0 atom stereocenters. The summed E-state index contributed by atoms with van der Waals surface area (Å²) in [4.78, 5) is 35.2. The van der Waals surface area contributed by atoms with Gasteiger partial charge in [-0.25, -0.2) is 14.6 Å². The molecular weight excluding hydrogens is 402 g/mol. The molecule has 4 heterocycles. The van der Waals surface area contributed by atoms with Crippen LogP contribution in [0.2, 0.25) is 0 Å². The number of hydrogen-bond donors (Lipinski definition) is 2. The van der Waals surface area contributed by atoms with Crippen LogP contribution in [0, 0.1) is 0 Å². The number of aryl methyl sites for hydroxylation is 1. The minimum absolute atomic E-state index is 0.103. The Morgan fingerprint density at radius 1 is 1.23 bits per heavy atom. The molecule has 30 heavy (non-hydrogen) atoms. The second-order valence-electron chi connectivity index (χ2n) is 7.28. The van der Waals surface area contributed by atoms with E-state index in [2.05, 4.69) is 25.7 Å². The van der Waals surface area contributed by atoms with Crippen molar-refractivity contribution < 1.29 is 9.59 Å². The molecule has 2 amide bonds. The first-order valence-corrected chi connectivity index (χ1v) is 11.0. The Labute approximate surface area is 178 Å². The van der Waals surface area contributed by atoms with Crippen LogP contribution in [0.25, 0.3) is 11.0 Å². The molecule has 0 saturated carbocycles. The molecule has 0 aliphatic carbocycles. The maximum Gasteiger partial charge on any atom is 0.255 e. The standard InChI is InChI=1S/C20H25N7O2S/c1-3-27-19-15(11-24-27)18(25-14-4-7-26(8-5-14)13(2)28)16(10-22-19)20(29)23-12-17-21-6-9-30-17/h6,9-11,14H,3-5,7-8,12H2,1-2H3,(H,22,25)(H,23,29). The summed E-state index contributed by atoms with van der Waals surface area (Å²) < 4.78 is 1.82. The van der Waals surface area contributed by atoms with Crippen LogP contribution in [0.5, 0.6) is 0 Å². The Morgan fingerprint density at radius 3 is 2.70 bits per heavy atom. The van der Waals surface area contributed by atoms with E-state index in [-0.39, 0.29) is 17.9 Å². The van der Waals surface area contributed by atoms with Crippen molar-refractivity contribution in [1.29, 1.82) is 0 Å². The SMILES string of the molecule is CCn1ncc2c(NC3CCN(C(C)=O)CC3)c(C(=O)NCc3nccs3)cnc21. The van der Waals surface area contributed by atoms with Gasteiger partial charge in [0.1, 0.15) is 5.01 Å². The lowest BCUT2D eigenvalue weighted by atomic mass is 10.0. The summed E-state index contributed by atoms with van der Waals surface area (Å²) in [6.45, 7) is 6.10. The van der Waals surface area contributed by atoms with E-state index in [0.29, 0.717) is 31.7 Å². The number of likely N-dealkylation sites (tertiary alicyclic amines) is 1. The van der Waals surface area contributed by atoms with Gasteiger partial charge in [-0.2, -0.15) is 5.10 Å². The van der Waals surface area contributed by atoms with E-state index in [1.165, 1.54) is 11.3 Å². The molecule has 9 nitrogen and oxygen atoms in total. The summed E-state index contributed by atoms with van der Waals surface area (Å²) >= 11 is 1.50. The van der Waals surface area contributed by atoms with Crippen LogP contribution in [0.15, 0.2) is 24.0 Å². The Kier molecular flexibility index (Phi) is 5.93. The molecular formula is C20H25N7O2S. The third kappa shape index (κ3) is 4.13. The highest BCUT2D eigenvalue weighted by Crippen LogP contribution is 2.28. The quantitative estimate of drug-likeness (QED) is 0.625. The smallest absolute Gasteiger partial charge is 0.255 e. The number of thiazole rings is 1. The topological polar surface area (TPSA) is 105 Å². The van der Waals surface area contributed by atoms with Crippen LogP contribution in [0.4, 0.5) is 5.69 Å². The molecule has 2 N–H and O–H groups in total. The average molecular weight is 428 g/mol. The van der Waals surface area contributed by atoms with Crippen molar-refractivity contribution in [1.82, 2.24) is 30.0 Å². The molecule has 10 heteroatoms. The van der Waals surface area contributed by atoms with Crippen molar-refractivity contribution in [3.8, 4) is 0 Å². The Hall–Kier alpha value is -3.01. The van der Waals surface area contributed by atoms with Crippen LogP contribution < -0.4 is 10.6 Å². The number of piperidine rings is 1. The Morgan fingerprint density at radius 2 is 2.03 bits per heavy atom. The Bertz CT molecular complexity index is 1040. The van der Waals surface area contributed by atoms with Gasteiger partial charge in [-0.05, 0) is 19.8 Å². The van der Waals surface area contributed by atoms with E-state index in [9.17, 15) is 9.59 Å². The lowest BCUT2D eigenvalue weighted by Gasteiger charge is -2.32. The van der Waals surface area contributed by atoms with Gasteiger partial charge in [0.15, 0.2) is 5.65 Å². The van der Waals surface area contributed by atoms with Gasteiger partial charge in [-0.1, -0.05) is 0 Å². The van der Waals surface area contributed by atoms with Crippen LogP contribution in [0.3, 0.4) is 0 Å². The van der Waals surface area contributed by atoms with E-state index in [1.807, 2.05) is 21.9 Å². The van der Waals surface area contributed by atoms with E-state index in [4.69, 9.17) is 0 Å². The molecule has 0 spiro atoms. The molecule has 0 radical (unpaired) electrons. The van der Waals surface area contributed by atoms with Crippen molar-refractivity contribution in [2.45, 2.75) is 45.8 Å². The summed E-state index contributed by atoms with van der Waals surface area (Å²) in [6.07, 6.45) is 6.74. The van der Waals surface area contributed by atoms with Gasteiger partial charge in [0.25, 0.3) is 5.91 Å². The Balaban J connectivity index is 1.59. The number of rotatable bonds is 6. The van der Waals surface area contributed by atoms with Crippen molar-refractivity contribution in [2.75, 3.05) is 18.4 Å². The molecule has 0 bridgehead atoms. The number of aromatic nitrogens is 4. The van der Waals surface area contributed by atoms with E-state index in [1.54, 1.807) is 25.5 Å². The van der Waals surface area contributed by atoms with Crippen LogP contribution in [-0.2, 0) is 17.9 Å². The van der Waals surface area contributed by atoms with Gasteiger partial charge >= 0.3 is 0 Å². The van der Waals surface area contributed by atoms with E-state index in [0.717, 1.165) is 34.6 Å².